The maximum atomic E-state index is 12.4. The molecule has 1 N–H and O–H groups in total. The molecule has 7 nitrogen and oxygen atoms in total. The third kappa shape index (κ3) is 3.85. The zero-order valence-corrected chi connectivity index (χ0v) is 15.4. The molecule has 0 spiro atoms. The number of hydrogen-bond donors (Lipinski definition) is 1. The second kappa shape index (κ2) is 7.57. The first kappa shape index (κ1) is 17.9. The van der Waals surface area contributed by atoms with Crippen molar-refractivity contribution in [2.75, 3.05) is 5.32 Å². The summed E-state index contributed by atoms with van der Waals surface area (Å²) in [6, 6.07) is 10.4. The van der Waals surface area contributed by atoms with Crippen molar-refractivity contribution in [2.45, 2.75) is 24.3 Å². The number of hydrogen-bond acceptors (Lipinski definition) is 6. The predicted molar refractivity (Wildman–Crippen MR) is 99.1 cm³/mol. The average Bonchev–Trinajstić information content (AvgIpc) is 3.26. The average molecular weight is 370 g/mol. The summed E-state index contributed by atoms with van der Waals surface area (Å²) in [5.74, 6) is 1.05. The number of rotatable bonds is 6. The first-order chi connectivity index (χ1) is 12.5. The van der Waals surface area contributed by atoms with E-state index in [1.54, 1.807) is 54.2 Å². The van der Waals surface area contributed by atoms with Crippen LogP contribution in [0.2, 0.25) is 0 Å². The van der Waals surface area contributed by atoms with Crippen LogP contribution in [0.5, 0.6) is 0 Å². The topological polar surface area (TPSA) is 90.0 Å². The Morgan fingerprint density at radius 1 is 1.19 bits per heavy atom. The Morgan fingerprint density at radius 3 is 2.54 bits per heavy atom. The molecular formula is C18H18N4O3S. The van der Waals surface area contributed by atoms with Crippen molar-refractivity contribution in [3.8, 4) is 11.6 Å². The molecule has 0 bridgehead atoms. The molecule has 3 rings (SSSR count). The summed E-state index contributed by atoms with van der Waals surface area (Å²) in [6.45, 7) is 3.30. The largest absolute Gasteiger partial charge is 0.461 e. The van der Waals surface area contributed by atoms with Crippen LogP contribution in [-0.4, -0.2) is 31.7 Å². The number of nitrogens with one attached hydrogen (secondary N) is 1. The lowest BCUT2D eigenvalue weighted by atomic mass is 10.1. The number of anilines is 1. The number of ketones is 1. The van der Waals surface area contributed by atoms with Gasteiger partial charge in [0.15, 0.2) is 22.5 Å². The highest BCUT2D eigenvalue weighted by Gasteiger charge is 2.20. The number of carbonyl (C=O) groups excluding carboxylic acids is 2. The molecule has 26 heavy (non-hydrogen) atoms. The third-order valence-electron chi connectivity index (χ3n) is 3.79. The molecule has 1 amide bonds. The van der Waals surface area contributed by atoms with Gasteiger partial charge in [-0.25, -0.2) is 0 Å². The molecule has 8 heteroatoms. The van der Waals surface area contributed by atoms with Gasteiger partial charge in [0.1, 0.15) is 0 Å². The highest BCUT2D eigenvalue weighted by molar-refractivity contribution is 8.00. The monoisotopic (exact) mass is 370 g/mol. The number of carbonyl (C=O) groups is 2. The van der Waals surface area contributed by atoms with E-state index in [0.717, 1.165) is 0 Å². The van der Waals surface area contributed by atoms with Crippen LogP contribution in [0.25, 0.3) is 11.6 Å². The molecule has 3 aromatic rings. The number of benzene rings is 1. The number of amides is 1. The molecule has 2 aromatic heterocycles. The lowest BCUT2D eigenvalue weighted by molar-refractivity contribution is -0.115. The minimum atomic E-state index is -0.380. The van der Waals surface area contributed by atoms with Crippen LogP contribution in [0.1, 0.15) is 24.2 Å². The van der Waals surface area contributed by atoms with E-state index in [9.17, 15) is 9.59 Å². The molecule has 0 saturated heterocycles. The molecule has 0 saturated carbocycles. The van der Waals surface area contributed by atoms with Gasteiger partial charge in [0.2, 0.25) is 5.91 Å². The predicted octanol–water partition coefficient (Wildman–Crippen LogP) is 3.40. The lowest BCUT2D eigenvalue weighted by Gasteiger charge is -2.11. The first-order valence-electron chi connectivity index (χ1n) is 7.97. The summed E-state index contributed by atoms with van der Waals surface area (Å²) < 4.78 is 7.12. The van der Waals surface area contributed by atoms with Crippen molar-refractivity contribution in [1.82, 2.24) is 14.8 Å². The molecule has 0 aliphatic carbocycles. The van der Waals surface area contributed by atoms with Gasteiger partial charge in [0.05, 0.1) is 11.5 Å². The summed E-state index contributed by atoms with van der Waals surface area (Å²) in [5, 5.41) is 11.3. The zero-order valence-electron chi connectivity index (χ0n) is 14.6. The molecule has 1 atom stereocenters. The van der Waals surface area contributed by atoms with E-state index in [1.807, 2.05) is 7.05 Å². The summed E-state index contributed by atoms with van der Waals surface area (Å²) in [5.41, 5.74) is 1.25. The highest BCUT2D eigenvalue weighted by Crippen LogP contribution is 2.26. The van der Waals surface area contributed by atoms with E-state index in [1.165, 1.54) is 18.7 Å². The van der Waals surface area contributed by atoms with Crippen LogP contribution in [0.4, 0.5) is 5.69 Å². The Bertz CT molecular complexity index is 917. The minimum Gasteiger partial charge on any atom is -0.461 e. The normalized spacial score (nSPS) is 12.0. The maximum Gasteiger partial charge on any atom is 0.237 e. The molecule has 0 radical (unpaired) electrons. The summed E-state index contributed by atoms with van der Waals surface area (Å²) >= 11 is 1.31. The number of Topliss-reactive ketones (excluding diaryl/α,β-unsaturated/α-hetero) is 1. The lowest BCUT2D eigenvalue weighted by Crippen LogP contribution is -2.22. The zero-order chi connectivity index (χ0) is 18.7. The molecule has 1 aromatic carbocycles. The van der Waals surface area contributed by atoms with Crippen molar-refractivity contribution in [3.63, 3.8) is 0 Å². The number of furan rings is 1. The fourth-order valence-corrected chi connectivity index (χ4v) is 3.10. The van der Waals surface area contributed by atoms with Gasteiger partial charge in [-0.15, -0.1) is 10.2 Å². The number of thioether (sulfide) groups is 1. The van der Waals surface area contributed by atoms with Gasteiger partial charge in [0.25, 0.3) is 0 Å². The Balaban J connectivity index is 1.65. The SMILES string of the molecule is CC(=O)c1ccc(NC(=O)[C@H](C)Sc2nnc(-c3ccco3)n2C)cc1. The van der Waals surface area contributed by atoms with Crippen LogP contribution < -0.4 is 5.32 Å². The van der Waals surface area contributed by atoms with Gasteiger partial charge in [-0.05, 0) is 50.2 Å². The molecule has 2 heterocycles. The van der Waals surface area contributed by atoms with Gasteiger partial charge in [-0.1, -0.05) is 11.8 Å². The van der Waals surface area contributed by atoms with Gasteiger partial charge < -0.3 is 14.3 Å². The fourth-order valence-electron chi connectivity index (χ4n) is 2.28. The van der Waals surface area contributed by atoms with E-state index in [2.05, 4.69) is 15.5 Å². The van der Waals surface area contributed by atoms with E-state index >= 15 is 0 Å². The van der Waals surface area contributed by atoms with Gasteiger partial charge in [-0.3, -0.25) is 9.59 Å². The summed E-state index contributed by atoms with van der Waals surface area (Å²) in [4.78, 5) is 23.7. The quantitative estimate of drug-likeness (QED) is 0.528. The van der Waals surface area contributed by atoms with Gasteiger partial charge in [-0.2, -0.15) is 0 Å². The number of aromatic nitrogens is 3. The van der Waals surface area contributed by atoms with Crippen molar-refractivity contribution in [2.24, 2.45) is 7.05 Å². The Kier molecular flexibility index (Phi) is 5.22. The Morgan fingerprint density at radius 2 is 1.92 bits per heavy atom. The van der Waals surface area contributed by atoms with E-state index in [-0.39, 0.29) is 16.9 Å². The Labute approximate surface area is 154 Å². The second-order valence-corrected chi connectivity index (χ2v) is 7.03. The van der Waals surface area contributed by atoms with E-state index in [4.69, 9.17) is 4.42 Å². The van der Waals surface area contributed by atoms with Gasteiger partial charge in [0, 0.05) is 18.3 Å². The van der Waals surface area contributed by atoms with Crippen LogP contribution in [0.3, 0.4) is 0 Å². The molecule has 0 fully saturated rings. The number of nitrogens with zero attached hydrogens (tertiary/aromatic N) is 3. The van der Waals surface area contributed by atoms with Gasteiger partial charge >= 0.3 is 0 Å². The van der Waals surface area contributed by atoms with Crippen molar-refractivity contribution in [3.05, 3.63) is 48.2 Å². The first-order valence-corrected chi connectivity index (χ1v) is 8.85. The summed E-state index contributed by atoms with van der Waals surface area (Å²) in [7, 11) is 1.82. The summed E-state index contributed by atoms with van der Waals surface area (Å²) in [6.07, 6.45) is 1.57. The van der Waals surface area contributed by atoms with Crippen LogP contribution >= 0.6 is 11.8 Å². The molecule has 0 aliphatic rings. The van der Waals surface area contributed by atoms with Crippen molar-refractivity contribution >= 4 is 29.1 Å². The minimum absolute atomic E-state index is 0.0126. The molecular weight excluding hydrogens is 352 g/mol. The Hall–Kier alpha value is -2.87. The van der Waals surface area contributed by atoms with E-state index < -0.39 is 0 Å². The maximum absolute atomic E-state index is 12.4. The van der Waals surface area contributed by atoms with Crippen molar-refractivity contribution < 1.29 is 14.0 Å². The third-order valence-corrected chi connectivity index (χ3v) is 4.92. The standard InChI is InChI=1S/C18H18N4O3S/c1-11(23)13-6-8-14(9-7-13)19-17(24)12(2)26-18-21-20-16(22(18)3)15-5-4-10-25-15/h4-10,12H,1-3H3,(H,19,24)/t12-/m0/s1. The molecule has 134 valence electrons. The van der Waals surface area contributed by atoms with E-state index in [0.29, 0.717) is 28.0 Å². The second-order valence-electron chi connectivity index (χ2n) is 5.73. The van der Waals surface area contributed by atoms with Crippen LogP contribution in [0.15, 0.2) is 52.2 Å². The van der Waals surface area contributed by atoms with Crippen LogP contribution in [-0.2, 0) is 11.8 Å². The molecule has 0 aliphatic heterocycles. The van der Waals surface area contributed by atoms with Crippen molar-refractivity contribution in [1.29, 1.82) is 0 Å². The molecule has 0 unspecified atom stereocenters. The smallest absolute Gasteiger partial charge is 0.237 e. The highest BCUT2D eigenvalue weighted by atomic mass is 32.2. The van der Waals surface area contributed by atoms with Crippen LogP contribution in [0, 0.1) is 0 Å². The fraction of sp³-hybridized carbons (Fsp3) is 0.222.